The van der Waals surface area contributed by atoms with Crippen LogP contribution in [0.3, 0.4) is 0 Å². The fourth-order valence-corrected chi connectivity index (χ4v) is 2.78. The molecule has 0 aliphatic heterocycles. The van der Waals surface area contributed by atoms with Crippen LogP contribution >= 0.6 is 0 Å². The van der Waals surface area contributed by atoms with Crippen molar-refractivity contribution in [1.29, 1.82) is 0 Å². The maximum atomic E-state index is 14.0. The molecule has 0 saturated heterocycles. The van der Waals surface area contributed by atoms with Crippen LogP contribution in [0.25, 0.3) is 0 Å². The maximum absolute atomic E-state index is 14.0. The number of hydrogen-bond acceptors (Lipinski definition) is 4. The van der Waals surface area contributed by atoms with E-state index in [9.17, 15) is 14.0 Å². The van der Waals surface area contributed by atoms with Crippen LogP contribution in [0.15, 0.2) is 40.8 Å². The lowest BCUT2D eigenvalue weighted by Crippen LogP contribution is -2.46. The first-order valence-corrected chi connectivity index (χ1v) is 9.21. The van der Waals surface area contributed by atoms with Gasteiger partial charge in [0.2, 0.25) is 5.91 Å². The molecule has 0 spiro atoms. The zero-order chi connectivity index (χ0) is 20.7. The van der Waals surface area contributed by atoms with E-state index in [0.717, 1.165) is 5.76 Å². The van der Waals surface area contributed by atoms with Gasteiger partial charge in [-0.25, -0.2) is 4.39 Å². The predicted octanol–water partition coefficient (Wildman–Crippen LogP) is 3.25. The molecule has 0 unspecified atom stereocenters. The van der Waals surface area contributed by atoms with Gasteiger partial charge in [-0.15, -0.1) is 0 Å². The summed E-state index contributed by atoms with van der Waals surface area (Å²) in [5.41, 5.74) is -0.0471. The van der Waals surface area contributed by atoms with Crippen molar-refractivity contribution in [1.82, 2.24) is 9.80 Å². The van der Waals surface area contributed by atoms with Crippen molar-refractivity contribution >= 4 is 11.8 Å². The molecule has 1 heterocycles. The van der Waals surface area contributed by atoms with E-state index in [-0.39, 0.29) is 30.6 Å². The molecule has 0 aliphatic carbocycles. The Balaban J connectivity index is 2.17. The van der Waals surface area contributed by atoms with Crippen molar-refractivity contribution < 1.29 is 23.1 Å². The monoisotopic (exact) mass is 390 g/mol. The van der Waals surface area contributed by atoms with Crippen molar-refractivity contribution in [2.24, 2.45) is 0 Å². The Morgan fingerprint density at radius 3 is 2.46 bits per heavy atom. The number of hydrogen-bond donors (Lipinski definition) is 0. The van der Waals surface area contributed by atoms with Gasteiger partial charge in [0.25, 0.3) is 5.91 Å². The van der Waals surface area contributed by atoms with Gasteiger partial charge in [0, 0.05) is 19.7 Å². The third kappa shape index (κ3) is 5.66. The Hall–Kier alpha value is -2.67. The summed E-state index contributed by atoms with van der Waals surface area (Å²) in [6.07, 6.45) is 0. The lowest BCUT2D eigenvalue weighted by molar-refractivity contribution is -0.133. The summed E-state index contributed by atoms with van der Waals surface area (Å²) in [5.74, 6) is 0.0329. The molecular weight excluding hydrogens is 363 g/mol. The second-order valence-corrected chi connectivity index (χ2v) is 6.83. The van der Waals surface area contributed by atoms with Gasteiger partial charge in [-0.1, -0.05) is 12.1 Å². The standard InChI is InChI=1S/C21H27FN2O4/c1-15(2)24(21(26)18-7-5-6-8-19(18)22)14-20(25)23(11-12-27-4)13-17-10-9-16(3)28-17/h5-10,15H,11-14H2,1-4H3. The number of methoxy groups -OCH3 is 1. The number of aryl methyl sites for hydroxylation is 1. The second-order valence-electron chi connectivity index (χ2n) is 6.83. The molecule has 152 valence electrons. The first-order chi connectivity index (χ1) is 13.3. The van der Waals surface area contributed by atoms with Gasteiger partial charge in [-0.3, -0.25) is 9.59 Å². The van der Waals surface area contributed by atoms with Crippen molar-refractivity contribution in [3.8, 4) is 0 Å². The largest absolute Gasteiger partial charge is 0.464 e. The fraction of sp³-hybridized carbons (Fsp3) is 0.429. The van der Waals surface area contributed by atoms with Crippen LogP contribution in [0.2, 0.25) is 0 Å². The predicted molar refractivity (Wildman–Crippen MR) is 103 cm³/mol. The van der Waals surface area contributed by atoms with E-state index in [4.69, 9.17) is 9.15 Å². The highest BCUT2D eigenvalue weighted by molar-refractivity contribution is 5.97. The third-order valence-electron chi connectivity index (χ3n) is 4.35. The topological polar surface area (TPSA) is 63.0 Å². The lowest BCUT2D eigenvalue weighted by Gasteiger charge is -2.30. The minimum Gasteiger partial charge on any atom is -0.464 e. The summed E-state index contributed by atoms with van der Waals surface area (Å²) in [7, 11) is 1.56. The molecule has 1 aromatic carbocycles. The van der Waals surface area contributed by atoms with Crippen molar-refractivity contribution in [3.63, 3.8) is 0 Å². The summed E-state index contributed by atoms with van der Waals surface area (Å²) < 4.78 is 24.7. The molecule has 1 aromatic heterocycles. The third-order valence-corrected chi connectivity index (χ3v) is 4.35. The molecule has 0 radical (unpaired) electrons. The van der Waals surface area contributed by atoms with Gasteiger partial charge in [0.1, 0.15) is 23.9 Å². The summed E-state index contributed by atoms with van der Waals surface area (Å²) in [4.78, 5) is 28.7. The molecule has 0 atom stereocenters. The molecular formula is C21H27FN2O4. The number of carbonyl (C=O) groups excluding carboxylic acids is 2. The van der Waals surface area contributed by atoms with Crippen molar-refractivity contribution in [3.05, 3.63) is 59.3 Å². The smallest absolute Gasteiger partial charge is 0.257 e. The number of ether oxygens (including phenoxy) is 1. The molecule has 0 saturated carbocycles. The zero-order valence-corrected chi connectivity index (χ0v) is 16.8. The van der Waals surface area contributed by atoms with Crippen molar-refractivity contribution in [2.75, 3.05) is 26.8 Å². The van der Waals surface area contributed by atoms with E-state index in [0.29, 0.717) is 18.9 Å². The number of rotatable bonds is 9. The van der Waals surface area contributed by atoms with Gasteiger partial charge in [0.05, 0.1) is 18.7 Å². The second kappa shape index (κ2) is 10.0. The minimum absolute atomic E-state index is 0.0471. The number of nitrogens with zero attached hydrogens (tertiary/aromatic N) is 2. The lowest BCUT2D eigenvalue weighted by atomic mass is 10.1. The highest BCUT2D eigenvalue weighted by Crippen LogP contribution is 2.14. The van der Waals surface area contributed by atoms with E-state index < -0.39 is 11.7 Å². The first-order valence-electron chi connectivity index (χ1n) is 9.21. The Bertz CT molecular complexity index is 803. The molecule has 7 heteroatoms. The zero-order valence-electron chi connectivity index (χ0n) is 16.8. The summed E-state index contributed by atoms with van der Waals surface area (Å²) in [5, 5.41) is 0. The molecule has 6 nitrogen and oxygen atoms in total. The molecule has 28 heavy (non-hydrogen) atoms. The molecule has 2 aromatic rings. The first kappa shape index (κ1) is 21.6. The molecule has 2 rings (SSSR count). The molecule has 0 fully saturated rings. The molecule has 0 aliphatic rings. The van der Waals surface area contributed by atoms with Gasteiger partial charge in [-0.2, -0.15) is 0 Å². The number of amides is 2. The van der Waals surface area contributed by atoms with Crippen LogP contribution in [-0.2, 0) is 16.1 Å². The van der Waals surface area contributed by atoms with Gasteiger partial charge in [-0.05, 0) is 45.0 Å². The fourth-order valence-electron chi connectivity index (χ4n) is 2.78. The molecule has 2 amide bonds. The van der Waals surface area contributed by atoms with Crippen LogP contribution < -0.4 is 0 Å². The van der Waals surface area contributed by atoms with Crippen LogP contribution in [-0.4, -0.2) is 54.5 Å². The number of halogens is 1. The highest BCUT2D eigenvalue weighted by atomic mass is 19.1. The number of carbonyl (C=O) groups is 2. The van der Waals surface area contributed by atoms with Crippen molar-refractivity contribution in [2.45, 2.75) is 33.4 Å². The Morgan fingerprint density at radius 1 is 1.18 bits per heavy atom. The summed E-state index contributed by atoms with van der Waals surface area (Å²) in [6.45, 7) is 6.24. The van der Waals surface area contributed by atoms with E-state index in [1.54, 1.807) is 31.9 Å². The Kier molecular flexibility index (Phi) is 7.75. The average Bonchev–Trinajstić information content (AvgIpc) is 3.07. The van der Waals surface area contributed by atoms with Gasteiger partial charge < -0.3 is 19.0 Å². The van der Waals surface area contributed by atoms with E-state index in [1.165, 1.54) is 23.1 Å². The average molecular weight is 390 g/mol. The van der Waals surface area contributed by atoms with Crippen LogP contribution in [0, 0.1) is 12.7 Å². The SMILES string of the molecule is COCCN(Cc1ccc(C)o1)C(=O)CN(C(=O)c1ccccc1F)C(C)C. The quantitative estimate of drug-likeness (QED) is 0.659. The van der Waals surface area contributed by atoms with Crippen LogP contribution in [0.4, 0.5) is 4.39 Å². The van der Waals surface area contributed by atoms with E-state index in [2.05, 4.69) is 0 Å². The normalized spacial score (nSPS) is 10.9. The van der Waals surface area contributed by atoms with Gasteiger partial charge >= 0.3 is 0 Å². The van der Waals surface area contributed by atoms with E-state index in [1.807, 2.05) is 19.1 Å². The van der Waals surface area contributed by atoms with Crippen LogP contribution in [0.1, 0.15) is 35.7 Å². The minimum atomic E-state index is -0.604. The van der Waals surface area contributed by atoms with Crippen LogP contribution in [0.5, 0.6) is 0 Å². The van der Waals surface area contributed by atoms with E-state index >= 15 is 0 Å². The maximum Gasteiger partial charge on any atom is 0.257 e. The summed E-state index contributed by atoms with van der Waals surface area (Å²) in [6, 6.07) is 9.15. The molecule has 0 bridgehead atoms. The summed E-state index contributed by atoms with van der Waals surface area (Å²) >= 11 is 0. The number of furan rings is 1. The van der Waals surface area contributed by atoms with Gasteiger partial charge in [0.15, 0.2) is 0 Å². The number of benzene rings is 1. The Labute approximate surface area is 164 Å². The Morgan fingerprint density at radius 2 is 1.89 bits per heavy atom. The molecule has 0 N–H and O–H groups in total. The highest BCUT2D eigenvalue weighted by Gasteiger charge is 2.26.